The van der Waals surface area contributed by atoms with Crippen LogP contribution in [-0.2, 0) is 10.8 Å². The molecule has 0 unspecified atom stereocenters. The molecule has 4 aliphatic carbocycles. The molecule has 2 heterocycles. The number of halogens is 2. The minimum atomic E-state index is -1.34. The molecule has 21 rings (SSSR count). The summed E-state index contributed by atoms with van der Waals surface area (Å²) in [5, 5.41) is 26.7. The van der Waals surface area contributed by atoms with Crippen LogP contribution in [-0.4, -0.2) is 17.2 Å². The van der Waals surface area contributed by atoms with Gasteiger partial charge in [0.1, 0.15) is 22.3 Å². The smallest absolute Gasteiger partial charge is 0.455 e. The number of benzene rings is 15. The van der Waals surface area contributed by atoms with E-state index >= 15 is 0 Å². The Morgan fingerprint density at radius 3 is 1.09 bits per heavy atom. The Labute approximate surface area is 572 Å². The van der Waals surface area contributed by atoms with Crippen LogP contribution in [0.25, 0.3) is 132 Å². The van der Waals surface area contributed by atoms with E-state index in [4.69, 9.17) is 18.9 Å². The highest BCUT2D eigenvalue weighted by atomic mass is 79.9. The molecule has 2 aromatic heterocycles. The zero-order chi connectivity index (χ0) is 63.3. The quantitative estimate of drug-likeness (QED) is 0.173. The molecule has 0 amide bonds. The Morgan fingerprint density at radius 1 is 0.271 bits per heavy atom. The van der Waals surface area contributed by atoms with Crippen molar-refractivity contribution in [3.63, 3.8) is 0 Å². The lowest BCUT2D eigenvalue weighted by molar-refractivity contribution is 0.426. The molecule has 96 heavy (non-hydrogen) atoms. The summed E-state index contributed by atoms with van der Waals surface area (Å²) in [7, 11) is -1.34. The van der Waals surface area contributed by atoms with Crippen LogP contribution in [0.5, 0.6) is 0 Å². The highest BCUT2D eigenvalue weighted by Gasteiger charge is 2.55. The first kappa shape index (κ1) is 58.0. The van der Waals surface area contributed by atoms with E-state index in [-0.39, 0.29) is 7.43 Å². The first-order valence-corrected chi connectivity index (χ1v) is 33.7. The fraction of sp³-hybridized carbons (Fsp3) is 0.0337. The van der Waals surface area contributed by atoms with Gasteiger partial charge in [0.2, 0.25) is 0 Å². The molecule has 0 saturated heterocycles. The molecule has 0 bridgehead atoms. The van der Waals surface area contributed by atoms with Crippen molar-refractivity contribution in [3.05, 3.63) is 363 Å². The van der Waals surface area contributed by atoms with Crippen molar-refractivity contribution in [2.75, 3.05) is 0 Å². The maximum absolute atomic E-state index is 8.58. The van der Waals surface area contributed by atoms with Crippen LogP contribution in [0.15, 0.2) is 327 Å². The van der Waals surface area contributed by atoms with Crippen molar-refractivity contribution in [1.82, 2.24) is 0 Å². The number of rotatable bonds is 3. The van der Waals surface area contributed by atoms with Gasteiger partial charge in [0.05, 0.1) is 10.8 Å². The second-order valence-corrected chi connectivity index (χ2v) is 26.9. The topological polar surface area (TPSA) is 66.7 Å². The molecule has 0 atom stereocenters. The Hall–Kier alpha value is -10.6. The highest BCUT2D eigenvalue weighted by Crippen LogP contribution is 2.69. The molecule has 7 heteroatoms. The monoisotopic (exact) mass is 1360 g/mol. The van der Waals surface area contributed by atoms with Crippen LogP contribution in [0, 0.1) is 0 Å². The van der Waals surface area contributed by atoms with Crippen LogP contribution >= 0.6 is 31.9 Å². The van der Waals surface area contributed by atoms with E-state index < -0.39 is 17.9 Å². The van der Waals surface area contributed by atoms with Gasteiger partial charge in [-0.3, -0.25) is 0 Å². The zero-order valence-corrected chi connectivity index (χ0v) is 54.2. The Bertz CT molecular complexity index is 5960. The van der Waals surface area contributed by atoms with E-state index in [0.29, 0.717) is 5.46 Å². The van der Waals surface area contributed by atoms with Gasteiger partial charge in [0.25, 0.3) is 0 Å². The van der Waals surface area contributed by atoms with Crippen LogP contribution in [0.2, 0.25) is 0 Å². The van der Waals surface area contributed by atoms with Crippen LogP contribution in [0.1, 0.15) is 51.9 Å². The van der Waals surface area contributed by atoms with Crippen molar-refractivity contribution in [1.29, 1.82) is 0 Å². The van der Waals surface area contributed by atoms with E-state index in [0.717, 1.165) is 47.4 Å². The minimum Gasteiger partial charge on any atom is -0.455 e. The highest BCUT2D eigenvalue weighted by molar-refractivity contribution is 9.11. The number of hydrogen-bond donors (Lipinski definition) is 2. The normalized spacial score (nSPS) is 13.3. The average Bonchev–Trinajstić information content (AvgIpc) is 1.50. The summed E-state index contributed by atoms with van der Waals surface area (Å²) >= 11 is 7.97. The van der Waals surface area contributed by atoms with Gasteiger partial charge >= 0.3 is 7.12 Å². The van der Waals surface area contributed by atoms with Crippen molar-refractivity contribution in [2.45, 2.75) is 18.3 Å². The summed E-state index contributed by atoms with van der Waals surface area (Å²) in [6.07, 6.45) is 0. The first-order chi connectivity index (χ1) is 46.8. The standard InChI is InChI=1S/C47H28O.C35H18Br2O.C6H7BO2.CH4/c1-3-15-29(16-4-1)36-27-40-44(34-22-8-7-19-31(34)36)45-41(47(40)38-24-12-9-20-32(38)33-21-10-13-25-39(33)47)28-37(30-17-5-2-6-18-30)43-35-23-11-14-26-42(35)48-46(43)45;36-28-17-26-31(22-12-2-1-11-21(22)28)33-27(18-29(37)32-23-13-5-8-16-30(23)38-34(32)33)35(26)24-14-6-3-9-19(24)20-10-4-7-15-25(20)35;8-7(9)6-4-2-1-3-5-6;/h1-28H;1-18H;1-5,8-9H;1H4. The lowest BCUT2D eigenvalue weighted by atomic mass is 9.69. The number of fused-ring (bicyclic) bond motifs is 32. The van der Waals surface area contributed by atoms with Gasteiger partial charge in [0.15, 0.2) is 0 Å². The third kappa shape index (κ3) is 8.03. The van der Waals surface area contributed by atoms with Gasteiger partial charge in [-0.1, -0.05) is 312 Å². The molecule has 4 nitrogen and oxygen atoms in total. The SMILES string of the molecule is Brc1cc2c(c3ccccc13)-c1c(cc(Br)c3c1oc1ccccc13)C21c2ccccc2-c2ccccc21.C.OB(O)c1ccccc1.c1ccc(-c2cc3c(c4ccccc24)-c2c(cc(-c4ccccc4)c4c2oc2ccccc24)C32c3ccccc3-c3ccccc32)cc1. The van der Waals surface area contributed by atoms with Gasteiger partial charge in [-0.25, -0.2) is 0 Å². The van der Waals surface area contributed by atoms with E-state index in [1.807, 2.05) is 12.1 Å². The third-order valence-corrected chi connectivity index (χ3v) is 21.9. The second kappa shape index (κ2) is 22.2. The number of furan rings is 2. The molecule has 15 aromatic carbocycles. The van der Waals surface area contributed by atoms with E-state index in [1.54, 1.807) is 24.3 Å². The van der Waals surface area contributed by atoms with Gasteiger partial charge in [-0.2, -0.15) is 0 Å². The van der Waals surface area contributed by atoms with Crippen LogP contribution in [0.4, 0.5) is 0 Å². The molecule has 4 aliphatic rings. The van der Waals surface area contributed by atoms with E-state index in [2.05, 4.69) is 305 Å². The molecule has 0 fully saturated rings. The van der Waals surface area contributed by atoms with Crippen LogP contribution < -0.4 is 5.46 Å². The van der Waals surface area contributed by atoms with Crippen molar-refractivity contribution in [3.8, 4) is 66.8 Å². The molecule has 2 N–H and O–H groups in total. The van der Waals surface area contributed by atoms with Crippen molar-refractivity contribution in [2.24, 2.45) is 0 Å². The fourth-order valence-corrected chi connectivity index (χ4v) is 18.1. The predicted octanol–water partition coefficient (Wildman–Crippen LogP) is 23.0. The van der Waals surface area contributed by atoms with E-state index in [9.17, 15) is 0 Å². The molecule has 17 aromatic rings. The van der Waals surface area contributed by atoms with Gasteiger partial charge in [-0.05, 0) is 164 Å². The summed E-state index contributed by atoms with van der Waals surface area (Å²) in [5.74, 6) is 0. The van der Waals surface area contributed by atoms with Gasteiger partial charge in [-0.15, -0.1) is 0 Å². The number of hydrogen-bond acceptors (Lipinski definition) is 4. The molecule has 454 valence electrons. The van der Waals surface area contributed by atoms with Crippen LogP contribution in [0.3, 0.4) is 0 Å². The summed E-state index contributed by atoms with van der Waals surface area (Å²) in [5.41, 5.74) is 28.8. The molecular formula is C89H57BBr2O4. The summed E-state index contributed by atoms with van der Waals surface area (Å²) in [6.45, 7) is 0. The van der Waals surface area contributed by atoms with Crippen molar-refractivity contribution >= 4 is 110 Å². The maximum atomic E-state index is 8.58. The lowest BCUT2D eigenvalue weighted by Gasteiger charge is -2.31. The lowest BCUT2D eigenvalue weighted by Crippen LogP contribution is -2.29. The van der Waals surface area contributed by atoms with E-state index in [1.165, 1.54) is 138 Å². The molecule has 0 saturated carbocycles. The molecule has 0 aliphatic heterocycles. The Morgan fingerprint density at radius 2 is 0.604 bits per heavy atom. The fourth-order valence-electron chi connectivity index (χ4n) is 16.9. The summed E-state index contributed by atoms with van der Waals surface area (Å²) in [6, 6.07) is 111. The van der Waals surface area contributed by atoms with Gasteiger partial charge < -0.3 is 18.9 Å². The minimum absolute atomic E-state index is 0. The van der Waals surface area contributed by atoms with Crippen molar-refractivity contribution < 1.29 is 18.9 Å². The third-order valence-electron chi connectivity index (χ3n) is 20.6. The molecule has 2 spiro atoms. The maximum Gasteiger partial charge on any atom is 0.488 e. The average molecular weight is 1360 g/mol. The number of para-hydroxylation sites is 2. The Kier molecular flexibility index (Phi) is 13.4. The predicted molar refractivity (Wildman–Crippen MR) is 404 cm³/mol. The first-order valence-electron chi connectivity index (χ1n) is 32.2. The zero-order valence-electron chi connectivity index (χ0n) is 51.0. The second-order valence-electron chi connectivity index (χ2n) is 25.1. The van der Waals surface area contributed by atoms with Gasteiger partial charge in [0, 0.05) is 41.6 Å². The Balaban J connectivity index is 0.000000125. The molecular weight excluding hydrogens is 1300 g/mol. The summed E-state index contributed by atoms with van der Waals surface area (Å²) in [4.78, 5) is 0. The summed E-state index contributed by atoms with van der Waals surface area (Å²) < 4.78 is 16.0. The molecule has 0 radical (unpaired) electrons. The largest absolute Gasteiger partial charge is 0.488 e.